The van der Waals surface area contributed by atoms with Crippen molar-refractivity contribution in [1.82, 2.24) is 5.32 Å². The largest absolute Gasteiger partial charge is 0.484 e. The van der Waals surface area contributed by atoms with E-state index in [1.165, 1.54) is 12.1 Å². The molecule has 2 N–H and O–H groups in total. The monoisotopic (exact) mass is 237 g/mol. The van der Waals surface area contributed by atoms with E-state index in [1.807, 2.05) is 0 Å². The van der Waals surface area contributed by atoms with Gasteiger partial charge in [0.1, 0.15) is 11.6 Å². The molecule has 0 atom stereocenters. The molecule has 0 saturated heterocycles. The molecule has 0 aliphatic rings. The summed E-state index contributed by atoms with van der Waals surface area (Å²) in [5, 5.41) is 11.3. The van der Waals surface area contributed by atoms with Gasteiger partial charge in [-0.2, -0.15) is 0 Å². The summed E-state index contributed by atoms with van der Waals surface area (Å²) in [4.78, 5) is 11.1. The van der Waals surface area contributed by atoms with Gasteiger partial charge < -0.3 is 15.2 Å². The third-order valence-corrected chi connectivity index (χ3v) is 1.87. The first kappa shape index (κ1) is 13.0. The van der Waals surface area contributed by atoms with Crippen molar-refractivity contribution in [3.05, 3.63) is 29.6 Å². The highest BCUT2D eigenvalue weighted by molar-refractivity contribution is 5.77. The minimum absolute atomic E-state index is 0.118. The van der Waals surface area contributed by atoms with Crippen LogP contribution in [0.3, 0.4) is 0 Å². The quantitative estimate of drug-likeness (QED) is 0.731. The summed E-state index contributed by atoms with van der Waals surface area (Å²) < 4.78 is 18.1. The molecule has 0 aromatic heterocycles. The lowest BCUT2D eigenvalue weighted by Gasteiger charge is -2.07. The van der Waals surface area contributed by atoms with Crippen molar-refractivity contribution in [2.24, 2.45) is 0 Å². The number of hydrogen-bond donors (Lipinski definition) is 2. The van der Waals surface area contributed by atoms with Gasteiger partial charge >= 0.3 is 0 Å². The highest BCUT2D eigenvalue weighted by atomic mass is 19.1. The predicted molar refractivity (Wildman–Crippen MR) is 59.7 cm³/mol. The number of rotatable bonds is 5. The molecule has 0 unspecified atom stereocenters. The van der Waals surface area contributed by atoms with Crippen molar-refractivity contribution in [3.8, 4) is 18.1 Å². The maximum Gasteiger partial charge on any atom is 0.258 e. The van der Waals surface area contributed by atoms with Crippen LogP contribution in [0.25, 0.3) is 0 Å². The molecule has 90 valence electrons. The average molecular weight is 237 g/mol. The van der Waals surface area contributed by atoms with Gasteiger partial charge in [-0.3, -0.25) is 4.79 Å². The Morgan fingerprint density at radius 1 is 1.53 bits per heavy atom. The highest BCUT2D eigenvalue weighted by Gasteiger charge is 2.04. The first-order valence-corrected chi connectivity index (χ1v) is 4.89. The Kier molecular flexibility index (Phi) is 4.98. The molecule has 0 heterocycles. The van der Waals surface area contributed by atoms with E-state index in [4.69, 9.17) is 16.3 Å². The Hall–Kier alpha value is -2.06. The lowest BCUT2D eigenvalue weighted by atomic mass is 10.2. The molecule has 17 heavy (non-hydrogen) atoms. The minimum Gasteiger partial charge on any atom is -0.484 e. The summed E-state index contributed by atoms with van der Waals surface area (Å²) in [5.74, 6) is 1.51. The number of hydrogen-bond acceptors (Lipinski definition) is 3. The van der Waals surface area contributed by atoms with Crippen LogP contribution in [0.15, 0.2) is 18.2 Å². The van der Waals surface area contributed by atoms with Crippen LogP contribution in [-0.2, 0) is 11.4 Å². The Labute approximate surface area is 98.4 Å². The Morgan fingerprint density at radius 2 is 2.29 bits per heavy atom. The zero-order chi connectivity index (χ0) is 12.7. The number of aliphatic hydroxyl groups is 1. The van der Waals surface area contributed by atoms with Gasteiger partial charge in [-0.05, 0) is 17.7 Å². The van der Waals surface area contributed by atoms with E-state index >= 15 is 0 Å². The number of nitrogens with one attached hydrogen (secondary N) is 1. The molecule has 0 spiro atoms. The van der Waals surface area contributed by atoms with E-state index < -0.39 is 11.7 Å². The first-order chi connectivity index (χ1) is 8.15. The van der Waals surface area contributed by atoms with Crippen LogP contribution in [0.2, 0.25) is 0 Å². The number of aliphatic hydroxyl groups excluding tert-OH is 1. The second-order valence-corrected chi connectivity index (χ2v) is 3.22. The molecule has 4 nitrogen and oxygen atoms in total. The maximum atomic E-state index is 13.0. The van der Waals surface area contributed by atoms with E-state index in [9.17, 15) is 9.18 Å². The molecule has 0 saturated carbocycles. The lowest BCUT2D eigenvalue weighted by Crippen LogP contribution is -2.29. The molecular weight excluding hydrogens is 225 g/mol. The molecule has 0 fully saturated rings. The van der Waals surface area contributed by atoms with Gasteiger partial charge in [0.2, 0.25) is 0 Å². The standard InChI is InChI=1S/C12H12FNO3/c1-2-3-14-12(16)8-17-11-5-9(7-15)4-10(13)6-11/h1,4-6,15H,3,7-8H2,(H,14,16). The van der Waals surface area contributed by atoms with Crippen molar-refractivity contribution < 1.29 is 19.0 Å². The van der Waals surface area contributed by atoms with Crippen LogP contribution in [0.5, 0.6) is 5.75 Å². The lowest BCUT2D eigenvalue weighted by molar-refractivity contribution is -0.122. The van der Waals surface area contributed by atoms with Crippen molar-refractivity contribution in [1.29, 1.82) is 0 Å². The zero-order valence-electron chi connectivity index (χ0n) is 9.07. The fourth-order valence-electron chi connectivity index (χ4n) is 1.14. The maximum absolute atomic E-state index is 13.0. The molecule has 1 rings (SSSR count). The Balaban J connectivity index is 2.54. The Bertz CT molecular complexity index is 440. The van der Waals surface area contributed by atoms with Crippen molar-refractivity contribution in [2.45, 2.75) is 6.61 Å². The van der Waals surface area contributed by atoms with Crippen LogP contribution in [0.4, 0.5) is 4.39 Å². The SMILES string of the molecule is C#CCNC(=O)COc1cc(F)cc(CO)c1. The summed E-state index contributed by atoms with van der Waals surface area (Å²) in [6, 6.07) is 3.77. The average Bonchev–Trinajstić information content (AvgIpc) is 2.33. The first-order valence-electron chi connectivity index (χ1n) is 4.89. The number of halogens is 1. The van der Waals surface area contributed by atoms with Crippen LogP contribution in [0, 0.1) is 18.2 Å². The fourth-order valence-corrected chi connectivity index (χ4v) is 1.14. The van der Waals surface area contributed by atoms with Crippen LogP contribution >= 0.6 is 0 Å². The summed E-state index contributed by atoms with van der Waals surface area (Å²) >= 11 is 0. The summed E-state index contributed by atoms with van der Waals surface area (Å²) in [5.41, 5.74) is 0.379. The number of carbonyl (C=O) groups excluding carboxylic acids is 1. The van der Waals surface area contributed by atoms with E-state index in [-0.39, 0.29) is 25.5 Å². The normalized spacial score (nSPS) is 9.47. The number of carbonyl (C=O) groups is 1. The van der Waals surface area contributed by atoms with Gasteiger partial charge in [0, 0.05) is 6.07 Å². The van der Waals surface area contributed by atoms with Crippen LogP contribution in [0.1, 0.15) is 5.56 Å². The third kappa shape index (κ3) is 4.53. The number of benzene rings is 1. The van der Waals surface area contributed by atoms with E-state index in [0.717, 1.165) is 6.07 Å². The number of amides is 1. The zero-order valence-corrected chi connectivity index (χ0v) is 9.07. The van der Waals surface area contributed by atoms with Gasteiger partial charge in [-0.25, -0.2) is 4.39 Å². The third-order valence-electron chi connectivity index (χ3n) is 1.87. The molecule has 0 radical (unpaired) electrons. The Morgan fingerprint density at radius 3 is 2.94 bits per heavy atom. The summed E-state index contributed by atoms with van der Waals surface area (Å²) in [6.45, 7) is -0.430. The van der Waals surface area contributed by atoms with Gasteiger partial charge in [0.05, 0.1) is 13.2 Å². The van der Waals surface area contributed by atoms with Crippen molar-refractivity contribution in [3.63, 3.8) is 0 Å². The van der Waals surface area contributed by atoms with Crippen molar-refractivity contribution >= 4 is 5.91 Å². The van der Waals surface area contributed by atoms with Crippen LogP contribution < -0.4 is 10.1 Å². The summed E-state index contributed by atoms with van der Waals surface area (Å²) in [7, 11) is 0. The smallest absolute Gasteiger partial charge is 0.258 e. The number of ether oxygens (including phenoxy) is 1. The summed E-state index contributed by atoms with van der Waals surface area (Å²) in [6.07, 6.45) is 4.96. The second kappa shape index (κ2) is 6.51. The van der Waals surface area contributed by atoms with Gasteiger partial charge in [0.15, 0.2) is 6.61 Å². The molecule has 5 heteroatoms. The molecule has 1 amide bonds. The van der Waals surface area contributed by atoms with Gasteiger partial charge in [-0.1, -0.05) is 5.92 Å². The highest BCUT2D eigenvalue weighted by Crippen LogP contribution is 2.16. The van der Waals surface area contributed by atoms with E-state index in [2.05, 4.69) is 11.2 Å². The molecule has 0 aliphatic heterocycles. The minimum atomic E-state index is -0.532. The molecular formula is C12H12FNO3. The van der Waals surface area contributed by atoms with E-state index in [1.54, 1.807) is 0 Å². The predicted octanol–water partition coefficient (Wildman–Crippen LogP) is 0.446. The number of terminal acetylenes is 1. The molecule has 1 aromatic carbocycles. The second-order valence-electron chi connectivity index (χ2n) is 3.22. The van der Waals surface area contributed by atoms with Crippen LogP contribution in [-0.4, -0.2) is 24.2 Å². The van der Waals surface area contributed by atoms with E-state index in [0.29, 0.717) is 5.56 Å². The van der Waals surface area contributed by atoms with Gasteiger partial charge in [0.25, 0.3) is 5.91 Å². The van der Waals surface area contributed by atoms with Crippen molar-refractivity contribution in [2.75, 3.05) is 13.2 Å². The molecule has 0 aliphatic carbocycles. The molecule has 0 bridgehead atoms. The van der Waals surface area contributed by atoms with Gasteiger partial charge in [-0.15, -0.1) is 6.42 Å². The molecule has 1 aromatic rings. The fraction of sp³-hybridized carbons (Fsp3) is 0.250. The topological polar surface area (TPSA) is 58.6 Å².